The Morgan fingerprint density at radius 1 is 1.20 bits per heavy atom. The summed E-state index contributed by atoms with van der Waals surface area (Å²) in [5, 5.41) is 0.474. The SMILES string of the molecule is O=S(=O)(NCC(Cl)Cl)c1ccc(Cl)cc1. The van der Waals surface area contributed by atoms with Gasteiger partial charge in [0.25, 0.3) is 0 Å². The lowest BCUT2D eigenvalue weighted by Crippen LogP contribution is -2.27. The zero-order valence-corrected chi connectivity index (χ0v) is 10.5. The van der Waals surface area contributed by atoms with Crippen molar-refractivity contribution in [3.63, 3.8) is 0 Å². The minimum Gasteiger partial charge on any atom is -0.208 e. The molecule has 0 unspecified atom stereocenters. The maximum Gasteiger partial charge on any atom is 0.240 e. The van der Waals surface area contributed by atoms with Gasteiger partial charge in [-0.1, -0.05) is 11.6 Å². The summed E-state index contributed by atoms with van der Waals surface area (Å²) in [4.78, 5) is -0.645. The monoisotopic (exact) mass is 287 g/mol. The van der Waals surface area contributed by atoms with Crippen LogP contribution in [-0.4, -0.2) is 19.8 Å². The second-order valence-electron chi connectivity index (χ2n) is 2.70. The summed E-state index contributed by atoms with van der Waals surface area (Å²) in [6.45, 7) is -0.0337. The molecule has 7 heteroatoms. The van der Waals surface area contributed by atoms with Gasteiger partial charge in [-0.05, 0) is 24.3 Å². The van der Waals surface area contributed by atoms with Crippen LogP contribution in [0.4, 0.5) is 0 Å². The van der Waals surface area contributed by atoms with Crippen molar-refractivity contribution in [1.29, 1.82) is 0 Å². The van der Waals surface area contributed by atoms with E-state index in [0.717, 1.165) is 0 Å². The van der Waals surface area contributed by atoms with Gasteiger partial charge < -0.3 is 0 Å². The Morgan fingerprint density at radius 3 is 2.20 bits per heavy atom. The van der Waals surface area contributed by atoms with E-state index in [-0.39, 0.29) is 11.4 Å². The van der Waals surface area contributed by atoms with Gasteiger partial charge in [0.15, 0.2) is 0 Å². The molecule has 1 aromatic rings. The quantitative estimate of drug-likeness (QED) is 0.865. The van der Waals surface area contributed by atoms with Gasteiger partial charge in [0.2, 0.25) is 10.0 Å². The molecule has 0 aromatic heterocycles. The fourth-order valence-corrected chi connectivity index (χ4v) is 2.38. The molecule has 84 valence electrons. The largest absolute Gasteiger partial charge is 0.240 e. The predicted molar refractivity (Wildman–Crippen MR) is 62.1 cm³/mol. The van der Waals surface area contributed by atoms with Crippen molar-refractivity contribution in [1.82, 2.24) is 4.72 Å². The number of hydrogen-bond donors (Lipinski definition) is 1. The number of benzene rings is 1. The fourth-order valence-electron chi connectivity index (χ4n) is 0.870. The topological polar surface area (TPSA) is 46.2 Å². The fraction of sp³-hybridized carbons (Fsp3) is 0.250. The van der Waals surface area contributed by atoms with Crippen LogP contribution in [0.1, 0.15) is 0 Å². The molecule has 3 nitrogen and oxygen atoms in total. The average Bonchev–Trinajstić information content (AvgIpc) is 2.16. The lowest BCUT2D eigenvalue weighted by molar-refractivity contribution is 0.583. The molecule has 0 saturated carbocycles. The summed E-state index contributed by atoms with van der Waals surface area (Å²) in [6, 6.07) is 5.80. The molecule has 0 heterocycles. The summed E-state index contributed by atoms with van der Waals surface area (Å²) >= 11 is 16.5. The van der Waals surface area contributed by atoms with Gasteiger partial charge in [0.1, 0.15) is 4.84 Å². The average molecular weight is 289 g/mol. The van der Waals surface area contributed by atoms with Crippen LogP contribution >= 0.6 is 34.8 Å². The van der Waals surface area contributed by atoms with Crippen molar-refractivity contribution in [2.24, 2.45) is 0 Å². The minimum atomic E-state index is -3.55. The van der Waals surface area contributed by atoms with Crippen LogP contribution in [0, 0.1) is 0 Å². The maximum absolute atomic E-state index is 11.6. The lowest BCUT2D eigenvalue weighted by atomic mass is 10.4. The Morgan fingerprint density at radius 2 is 1.73 bits per heavy atom. The van der Waals surface area contributed by atoms with Crippen LogP contribution in [0.5, 0.6) is 0 Å². The van der Waals surface area contributed by atoms with Crippen molar-refractivity contribution in [2.75, 3.05) is 6.54 Å². The zero-order valence-electron chi connectivity index (χ0n) is 7.45. The van der Waals surface area contributed by atoms with E-state index in [0.29, 0.717) is 5.02 Å². The van der Waals surface area contributed by atoms with E-state index in [9.17, 15) is 8.42 Å². The summed E-state index contributed by atoms with van der Waals surface area (Å²) in [5.41, 5.74) is 0. The van der Waals surface area contributed by atoms with Crippen LogP contribution in [0.25, 0.3) is 0 Å². The number of halogens is 3. The maximum atomic E-state index is 11.6. The Labute approximate surface area is 103 Å². The van der Waals surface area contributed by atoms with E-state index >= 15 is 0 Å². The van der Waals surface area contributed by atoms with Gasteiger partial charge in [-0.15, -0.1) is 23.2 Å². The highest BCUT2D eigenvalue weighted by Crippen LogP contribution is 2.14. The first kappa shape index (κ1) is 13.1. The number of hydrogen-bond acceptors (Lipinski definition) is 2. The first-order valence-corrected chi connectivity index (χ1v) is 6.68. The molecule has 1 N–H and O–H groups in total. The molecule has 0 aliphatic heterocycles. The van der Waals surface area contributed by atoms with Gasteiger partial charge >= 0.3 is 0 Å². The molecular formula is C8H8Cl3NO2S. The van der Waals surface area contributed by atoms with Crippen LogP contribution < -0.4 is 4.72 Å². The highest BCUT2D eigenvalue weighted by molar-refractivity contribution is 7.89. The number of rotatable bonds is 4. The molecule has 0 radical (unpaired) electrons. The Hall–Kier alpha value is -0.000000000000000167. The second-order valence-corrected chi connectivity index (χ2v) is 6.18. The van der Waals surface area contributed by atoms with E-state index in [4.69, 9.17) is 34.8 Å². The third kappa shape index (κ3) is 4.17. The summed E-state index contributed by atoms with van der Waals surface area (Å²) in [5.74, 6) is 0. The molecule has 0 spiro atoms. The second kappa shape index (κ2) is 5.37. The lowest BCUT2D eigenvalue weighted by Gasteiger charge is -2.06. The van der Waals surface area contributed by atoms with E-state index < -0.39 is 14.9 Å². The first-order valence-electron chi connectivity index (χ1n) is 3.95. The van der Waals surface area contributed by atoms with E-state index in [1.807, 2.05) is 0 Å². The number of alkyl halides is 2. The van der Waals surface area contributed by atoms with Gasteiger partial charge in [0, 0.05) is 11.6 Å². The summed E-state index contributed by atoms with van der Waals surface area (Å²) < 4.78 is 25.4. The van der Waals surface area contributed by atoms with Crippen molar-refractivity contribution in [3.05, 3.63) is 29.3 Å². The summed E-state index contributed by atoms with van der Waals surface area (Å²) in [7, 11) is -3.55. The smallest absolute Gasteiger partial charge is 0.208 e. The van der Waals surface area contributed by atoms with Gasteiger partial charge in [-0.25, -0.2) is 13.1 Å². The molecule has 0 saturated heterocycles. The molecule has 0 aliphatic rings. The molecule has 15 heavy (non-hydrogen) atoms. The van der Waals surface area contributed by atoms with Crippen LogP contribution in [0.3, 0.4) is 0 Å². The van der Waals surface area contributed by atoms with E-state index in [1.54, 1.807) is 0 Å². The summed E-state index contributed by atoms with van der Waals surface area (Å²) in [6.07, 6.45) is 0. The van der Waals surface area contributed by atoms with Crippen molar-refractivity contribution < 1.29 is 8.42 Å². The van der Waals surface area contributed by atoms with Crippen molar-refractivity contribution >= 4 is 44.8 Å². The Kier molecular flexibility index (Phi) is 4.67. The molecule has 0 fully saturated rings. The third-order valence-corrected chi connectivity index (χ3v) is 3.55. The van der Waals surface area contributed by atoms with Crippen LogP contribution in [0.15, 0.2) is 29.2 Å². The standard InChI is InChI=1S/C8H8Cl3NO2S/c9-6-1-3-7(4-2-6)15(13,14)12-5-8(10)11/h1-4,8,12H,5H2. The van der Waals surface area contributed by atoms with Gasteiger partial charge in [-0.2, -0.15) is 0 Å². The Balaban J connectivity index is 2.82. The van der Waals surface area contributed by atoms with Gasteiger partial charge in [0.05, 0.1) is 4.90 Å². The molecule has 0 amide bonds. The highest BCUT2D eigenvalue weighted by Gasteiger charge is 2.14. The number of nitrogens with one attached hydrogen (secondary N) is 1. The van der Waals surface area contributed by atoms with Crippen molar-refractivity contribution in [3.8, 4) is 0 Å². The predicted octanol–water partition coefficient (Wildman–Crippen LogP) is 2.42. The van der Waals surface area contributed by atoms with Crippen molar-refractivity contribution in [2.45, 2.75) is 9.73 Å². The zero-order chi connectivity index (χ0) is 11.5. The molecule has 1 aromatic carbocycles. The van der Waals surface area contributed by atoms with Gasteiger partial charge in [-0.3, -0.25) is 0 Å². The molecule has 0 bridgehead atoms. The van der Waals surface area contributed by atoms with E-state index in [2.05, 4.69) is 4.72 Å². The van der Waals surface area contributed by atoms with E-state index in [1.165, 1.54) is 24.3 Å². The van der Waals surface area contributed by atoms with Crippen LogP contribution in [0.2, 0.25) is 5.02 Å². The molecule has 0 atom stereocenters. The minimum absolute atomic E-state index is 0.0337. The molecular weight excluding hydrogens is 281 g/mol. The Bertz CT molecular complexity index is 416. The number of sulfonamides is 1. The van der Waals surface area contributed by atoms with Crippen LogP contribution in [-0.2, 0) is 10.0 Å². The highest BCUT2D eigenvalue weighted by atomic mass is 35.5. The third-order valence-electron chi connectivity index (χ3n) is 1.55. The molecule has 0 aliphatic carbocycles. The molecule has 1 rings (SSSR count). The normalized spacial score (nSPS) is 12.0. The first-order chi connectivity index (χ1) is 6.92.